The van der Waals surface area contributed by atoms with Crippen LogP contribution in [0.1, 0.15) is 51.9 Å². The molecule has 2 saturated carbocycles. The van der Waals surface area contributed by atoms with Gasteiger partial charge in [-0.1, -0.05) is 19.8 Å². The van der Waals surface area contributed by atoms with Crippen molar-refractivity contribution in [3.05, 3.63) is 0 Å². The Bertz CT molecular complexity index is 489. The predicted octanol–water partition coefficient (Wildman–Crippen LogP) is 0.507. The third-order valence-corrected chi connectivity index (χ3v) is 5.38. The minimum absolute atomic E-state index is 0.120. The molecular formula is C17H27N3O3. The Morgan fingerprint density at radius 1 is 1.17 bits per heavy atom. The van der Waals surface area contributed by atoms with E-state index in [1.807, 2.05) is 6.92 Å². The van der Waals surface area contributed by atoms with Gasteiger partial charge in [0, 0.05) is 6.04 Å². The number of hydrogen-bond acceptors (Lipinski definition) is 4. The predicted molar refractivity (Wildman–Crippen MR) is 85.6 cm³/mol. The first kappa shape index (κ1) is 16.4. The molecule has 23 heavy (non-hydrogen) atoms. The molecule has 2 aliphatic carbocycles. The van der Waals surface area contributed by atoms with E-state index >= 15 is 0 Å². The molecule has 3 aliphatic rings. The van der Waals surface area contributed by atoms with Crippen LogP contribution in [-0.2, 0) is 14.4 Å². The first-order chi connectivity index (χ1) is 11.1. The van der Waals surface area contributed by atoms with E-state index in [1.165, 1.54) is 12.8 Å². The second kappa shape index (κ2) is 6.99. The van der Waals surface area contributed by atoms with Crippen molar-refractivity contribution in [1.29, 1.82) is 0 Å². The van der Waals surface area contributed by atoms with Gasteiger partial charge in [-0.05, 0) is 50.5 Å². The van der Waals surface area contributed by atoms with E-state index in [-0.39, 0.29) is 18.0 Å². The van der Waals surface area contributed by atoms with Crippen LogP contribution in [0.5, 0.6) is 0 Å². The summed E-state index contributed by atoms with van der Waals surface area (Å²) < 4.78 is 0. The Labute approximate surface area is 137 Å². The molecule has 0 aromatic carbocycles. The molecule has 0 bridgehead atoms. The van der Waals surface area contributed by atoms with Crippen LogP contribution in [0.15, 0.2) is 0 Å². The molecule has 1 saturated heterocycles. The van der Waals surface area contributed by atoms with Crippen LogP contribution in [-0.4, -0.2) is 42.3 Å². The number of amides is 2. The van der Waals surface area contributed by atoms with E-state index in [2.05, 4.69) is 16.0 Å². The number of nitrogens with one attached hydrogen (secondary N) is 3. The SMILES string of the molecule is CCC[C@H](NC(=O)C1NCC2CCCC21)C(=O)C(=O)NC1CC1. The number of carbonyl (C=O) groups excluding carboxylic acids is 3. The number of Topliss-reactive ketones (excluding diaryl/α,β-unsaturated/α-hetero) is 1. The fraction of sp³-hybridized carbons (Fsp3) is 0.824. The van der Waals surface area contributed by atoms with Crippen molar-refractivity contribution in [2.24, 2.45) is 11.8 Å². The molecule has 3 fully saturated rings. The van der Waals surface area contributed by atoms with Gasteiger partial charge < -0.3 is 16.0 Å². The van der Waals surface area contributed by atoms with Crippen molar-refractivity contribution < 1.29 is 14.4 Å². The molecule has 128 valence electrons. The smallest absolute Gasteiger partial charge is 0.289 e. The molecule has 3 N–H and O–H groups in total. The average molecular weight is 321 g/mol. The average Bonchev–Trinajstić information content (AvgIpc) is 3.06. The second-order valence-corrected chi connectivity index (χ2v) is 7.20. The van der Waals surface area contributed by atoms with Gasteiger partial charge in [0.2, 0.25) is 11.7 Å². The van der Waals surface area contributed by atoms with E-state index in [4.69, 9.17) is 0 Å². The van der Waals surface area contributed by atoms with Gasteiger partial charge in [0.25, 0.3) is 5.91 Å². The lowest BCUT2D eigenvalue weighted by Crippen LogP contribution is -2.53. The summed E-state index contributed by atoms with van der Waals surface area (Å²) in [6, 6.07) is -0.755. The van der Waals surface area contributed by atoms with Crippen LogP contribution in [0.4, 0.5) is 0 Å². The molecule has 4 atom stereocenters. The Morgan fingerprint density at radius 3 is 2.65 bits per heavy atom. The Hall–Kier alpha value is -1.43. The molecule has 6 heteroatoms. The lowest BCUT2D eigenvalue weighted by molar-refractivity contribution is -0.140. The van der Waals surface area contributed by atoms with Crippen LogP contribution in [0.3, 0.4) is 0 Å². The number of rotatable bonds is 7. The third kappa shape index (κ3) is 3.74. The summed E-state index contributed by atoms with van der Waals surface area (Å²) in [5.41, 5.74) is 0. The van der Waals surface area contributed by atoms with Crippen LogP contribution in [0.2, 0.25) is 0 Å². The number of ketones is 1. The molecule has 1 aliphatic heterocycles. The summed E-state index contributed by atoms with van der Waals surface area (Å²) in [6.07, 6.45) is 6.58. The van der Waals surface area contributed by atoms with E-state index in [1.54, 1.807) is 0 Å². The molecule has 0 spiro atoms. The quantitative estimate of drug-likeness (QED) is 0.596. The molecule has 0 radical (unpaired) electrons. The Kier molecular flexibility index (Phi) is 4.99. The van der Waals surface area contributed by atoms with E-state index in [0.717, 1.165) is 32.2 Å². The highest BCUT2D eigenvalue weighted by molar-refractivity contribution is 6.38. The Balaban J connectivity index is 1.58. The highest BCUT2D eigenvalue weighted by atomic mass is 16.2. The fourth-order valence-electron chi connectivity index (χ4n) is 3.94. The molecule has 0 aromatic heterocycles. The van der Waals surface area contributed by atoms with E-state index in [9.17, 15) is 14.4 Å². The zero-order chi connectivity index (χ0) is 16.4. The minimum atomic E-state index is -0.700. The largest absolute Gasteiger partial charge is 0.347 e. The van der Waals surface area contributed by atoms with Gasteiger partial charge in [0.05, 0.1) is 12.1 Å². The Morgan fingerprint density at radius 2 is 1.96 bits per heavy atom. The van der Waals surface area contributed by atoms with E-state index in [0.29, 0.717) is 18.3 Å². The van der Waals surface area contributed by atoms with Crippen molar-refractivity contribution in [2.75, 3.05) is 6.54 Å². The molecule has 3 unspecified atom stereocenters. The molecule has 2 amide bonds. The zero-order valence-electron chi connectivity index (χ0n) is 13.8. The number of fused-ring (bicyclic) bond motifs is 1. The first-order valence-corrected chi connectivity index (χ1v) is 8.98. The van der Waals surface area contributed by atoms with Gasteiger partial charge in [-0.2, -0.15) is 0 Å². The van der Waals surface area contributed by atoms with Crippen LogP contribution < -0.4 is 16.0 Å². The summed E-state index contributed by atoms with van der Waals surface area (Å²) in [4.78, 5) is 36.9. The normalized spacial score (nSPS) is 30.6. The van der Waals surface area contributed by atoms with Crippen LogP contribution >= 0.6 is 0 Å². The second-order valence-electron chi connectivity index (χ2n) is 7.20. The van der Waals surface area contributed by atoms with Gasteiger partial charge in [0.15, 0.2) is 0 Å². The molecule has 0 aromatic rings. The van der Waals surface area contributed by atoms with Crippen molar-refractivity contribution in [1.82, 2.24) is 16.0 Å². The number of carbonyl (C=O) groups is 3. The molecule has 1 heterocycles. The topological polar surface area (TPSA) is 87.3 Å². The maximum atomic E-state index is 12.6. The van der Waals surface area contributed by atoms with Crippen molar-refractivity contribution >= 4 is 17.6 Å². The van der Waals surface area contributed by atoms with Gasteiger partial charge >= 0.3 is 0 Å². The van der Waals surface area contributed by atoms with Crippen LogP contribution in [0.25, 0.3) is 0 Å². The zero-order valence-corrected chi connectivity index (χ0v) is 13.8. The highest BCUT2D eigenvalue weighted by Gasteiger charge is 2.43. The maximum absolute atomic E-state index is 12.6. The summed E-state index contributed by atoms with van der Waals surface area (Å²) in [5, 5.41) is 8.84. The first-order valence-electron chi connectivity index (χ1n) is 8.98. The summed E-state index contributed by atoms with van der Waals surface area (Å²) >= 11 is 0. The van der Waals surface area contributed by atoms with Crippen LogP contribution in [0, 0.1) is 11.8 Å². The third-order valence-electron chi connectivity index (χ3n) is 5.38. The maximum Gasteiger partial charge on any atom is 0.289 e. The van der Waals surface area contributed by atoms with Crippen molar-refractivity contribution in [3.63, 3.8) is 0 Å². The summed E-state index contributed by atoms with van der Waals surface area (Å²) in [6.45, 7) is 2.84. The molecular weight excluding hydrogens is 294 g/mol. The van der Waals surface area contributed by atoms with Gasteiger partial charge in [-0.15, -0.1) is 0 Å². The van der Waals surface area contributed by atoms with Crippen molar-refractivity contribution in [2.45, 2.75) is 70.0 Å². The van der Waals surface area contributed by atoms with Crippen molar-refractivity contribution in [3.8, 4) is 0 Å². The highest BCUT2D eigenvalue weighted by Crippen LogP contribution is 2.37. The fourth-order valence-corrected chi connectivity index (χ4v) is 3.94. The lowest BCUT2D eigenvalue weighted by Gasteiger charge is -2.22. The van der Waals surface area contributed by atoms with Gasteiger partial charge in [-0.3, -0.25) is 14.4 Å². The summed E-state index contributed by atoms with van der Waals surface area (Å²) in [5.74, 6) is -0.209. The van der Waals surface area contributed by atoms with Gasteiger partial charge in [-0.25, -0.2) is 0 Å². The van der Waals surface area contributed by atoms with Gasteiger partial charge in [0.1, 0.15) is 0 Å². The lowest BCUT2D eigenvalue weighted by atomic mass is 9.93. The molecule has 6 nitrogen and oxygen atoms in total. The van der Waals surface area contributed by atoms with E-state index < -0.39 is 17.7 Å². The number of hydrogen-bond donors (Lipinski definition) is 3. The minimum Gasteiger partial charge on any atom is -0.347 e. The summed E-state index contributed by atoms with van der Waals surface area (Å²) in [7, 11) is 0. The molecule has 3 rings (SSSR count). The standard InChI is InChI=1S/C17H27N3O3/c1-2-4-13(15(21)17(23)19-11-7-8-11)20-16(22)14-12-6-3-5-10(12)9-18-14/h10-14,18H,2-9H2,1H3,(H,19,23)(H,20,22)/t10?,12?,13-,14?/m0/s1. The monoisotopic (exact) mass is 321 g/mol.